The summed E-state index contributed by atoms with van der Waals surface area (Å²) in [6.45, 7) is 3.41. The van der Waals surface area contributed by atoms with Crippen molar-refractivity contribution in [3.05, 3.63) is 46.2 Å². The molecule has 1 aromatic rings. The number of rotatable bonds is 2. The van der Waals surface area contributed by atoms with Crippen molar-refractivity contribution in [1.82, 2.24) is 0 Å². The van der Waals surface area contributed by atoms with Crippen LogP contribution in [0.15, 0.2) is 35.6 Å². The highest BCUT2D eigenvalue weighted by Crippen LogP contribution is 2.36. The molecule has 0 bridgehead atoms. The summed E-state index contributed by atoms with van der Waals surface area (Å²) in [5, 5.41) is 0.690. The smallest absolute Gasteiger partial charge is 0.159 e. The molecule has 0 fully saturated rings. The standard InChI is InChI=1S/C13H13ClO2/c1-8(15)12-7-13(16-9(12)2)10-4-3-5-11(14)6-10/h3-6,13H,7H2,1-2H3. The van der Waals surface area contributed by atoms with Crippen molar-refractivity contribution in [3.63, 3.8) is 0 Å². The number of hydrogen-bond donors (Lipinski definition) is 0. The van der Waals surface area contributed by atoms with Gasteiger partial charge in [-0.25, -0.2) is 0 Å². The van der Waals surface area contributed by atoms with Crippen molar-refractivity contribution < 1.29 is 9.53 Å². The fraction of sp³-hybridized carbons (Fsp3) is 0.308. The first-order valence-corrected chi connectivity index (χ1v) is 5.58. The SMILES string of the molecule is CC(=O)C1=C(C)OC(c2cccc(Cl)c2)C1. The van der Waals surface area contributed by atoms with Crippen LogP contribution in [0, 0.1) is 0 Å². The first-order chi connectivity index (χ1) is 7.58. The summed E-state index contributed by atoms with van der Waals surface area (Å²) in [5.41, 5.74) is 1.80. The maximum absolute atomic E-state index is 11.3. The van der Waals surface area contributed by atoms with Gasteiger partial charge < -0.3 is 4.74 Å². The van der Waals surface area contributed by atoms with Crippen LogP contribution in [0.5, 0.6) is 0 Å². The lowest BCUT2D eigenvalue weighted by Gasteiger charge is -2.11. The average Bonchev–Trinajstić information content (AvgIpc) is 2.60. The Balaban J connectivity index is 2.20. The zero-order valence-corrected chi connectivity index (χ0v) is 10.0. The molecule has 1 atom stereocenters. The topological polar surface area (TPSA) is 26.3 Å². The molecule has 2 nitrogen and oxygen atoms in total. The van der Waals surface area contributed by atoms with E-state index in [9.17, 15) is 4.79 Å². The largest absolute Gasteiger partial charge is 0.490 e. The van der Waals surface area contributed by atoms with E-state index in [1.165, 1.54) is 0 Å². The van der Waals surface area contributed by atoms with E-state index in [0.717, 1.165) is 16.9 Å². The van der Waals surface area contributed by atoms with Gasteiger partial charge in [0.25, 0.3) is 0 Å². The van der Waals surface area contributed by atoms with Crippen molar-refractivity contribution in [2.24, 2.45) is 0 Å². The second-order valence-corrected chi connectivity index (χ2v) is 4.39. The molecule has 1 aliphatic heterocycles. The summed E-state index contributed by atoms with van der Waals surface area (Å²) < 4.78 is 5.68. The highest BCUT2D eigenvalue weighted by molar-refractivity contribution is 6.30. The minimum atomic E-state index is -0.0717. The Labute approximate surface area is 99.9 Å². The van der Waals surface area contributed by atoms with Crippen LogP contribution >= 0.6 is 11.6 Å². The maximum Gasteiger partial charge on any atom is 0.159 e. The van der Waals surface area contributed by atoms with Crippen LogP contribution in [-0.2, 0) is 9.53 Å². The van der Waals surface area contributed by atoms with E-state index in [4.69, 9.17) is 16.3 Å². The van der Waals surface area contributed by atoms with E-state index in [2.05, 4.69) is 0 Å². The Hall–Kier alpha value is -1.28. The van der Waals surface area contributed by atoms with Gasteiger partial charge in [-0.2, -0.15) is 0 Å². The summed E-state index contributed by atoms with van der Waals surface area (Å²) in [6, 6.07) is 7.56. The molecule has 1 heterocycles. The fourth-order valence-corrected chi connectivity index (χ4v) is 2.14. The quantitative estimate of drug-likeness (QED) is 0.783. The zero-order valence-electron chi connectivity index (χ0n) is 9.29. The van der Waals surface area contributed by atoms with Crippen molar-refractivity contribution in [2.75, 3.05) is 0 Å². The third-order valence-corrected chi connectivity index (χ3v) is 3.01. The molecule has 1 aliphatic rings. The lowest BCUT2D eigenvalue weighted by atomic mass is 10.0. The fourth-order valence-electron chi connectivity index (χ4n) is 1.94. The van der Waals surface area contributed by atoms with Crippen molar-refractivity contribution >= 4 is 17.4 Å². The molecule has 1 aromatic carbocycles. The number of carbonyl (C=O) groups is 1. The summed E-state index contributed by atoms with van der Waals surface area (Å²) >= 11 is 5.92. The van der Waals surface area contributed by atoms with Crippen LogP contribution in [0.4, 0.5) is 0 Å². The van der Waals surface area contributed by atoms with Gasteiger partial charge in [-0.3, -0.25) is 4.79 Å². The van der Waals surface area contributed by atoms with Gasteiger partial charge in [0.1, 0.15) is 11.9 Å². The Bertz CT molecular complexity index is 463. The molecule has 3 heteroatoms. The molecular formula is C13H13ClO2. The van der Waals surface area contributed by atoms with Crippen LogP contribution in [0.3, 0.4) is 0 Å². The zero-order chi connectivity index (χ0) is 11.7. The monoisotopic (exact) mass is 236 g/mol. The number of allylic oxidation sites excluding steroid dienone is 1. The first-order valence-electron chi connectivity index (χ1n) is 5.20. The van der Waals surface area contributed by atoms with Gasteiger partial charge in [0.2, 0.25) is 0 Å². The minimum Gasteiger partial charge on any atom is -0.490 e. The van der Waals surface area contributed by atoms with E-state index in [0.29, 0.717) is 11.4 Å². The molecule has 0 amide bonds. The molecule has 0 aliphatic carbocycles. The van der Waals surface area contributed by atoms with Crippen LogP contribution in [0.25, 0.3) is 0 Å². The van der Waals surface area contributed by atoms with Gasteiger partial charge in [-0.1, -0.05) is 23.7 Å². The Morgan fingerprint density at radius 3 is 2.81 bits per heavy atom. The number of halogens is 1. The molecule has 1 unspecified atom stereocenters. The minimum absolute atomic E-state index is 0.0717. The highest BCUT2D eigenvalue weighted by Gasteiger charge is 2.26. The summed E-state index contributed by atoms with van der Waals surface area (Å²) in [5.74, 6) is 0.819. The van der Waals surface area contributed by atoms with Gasteiger partial charge in [0, 0.05) is 17.0 Å². The second-order valence-electron chi connectivity index (χ2n) is 3.96. The molecule has 0 spiro atoms. The van der Waals surface area contributed by atoms with Gasteiger partial charge in [0.05, 0.1) is 0 Å². The summed E-state index contributed by atoms with van der Waals surface area (Å²) in [4.78, 5) is 11.3. The maximum atomic E-state index is 11.3. The number of benzene rings is 1. The number of hydrogen-bond acceptors (Lipinski definition) is 2. The van der Waals surface area contributed by atoms with E-state index < -0.39 is 0 Å². The van der Waals surface area contributed by atoms with Gasteiger partial charge in [-0.15, -0.1) is 0 Å². The number of ether oxygens (including phenoxy) is 1. The van der Waals surface area contributed by atoms with Gasteiger partial charge in [0.15, 0.2) is 5.78 Å². The van der Waals surface area contributed by atoms with Crippen LogP contribution in [0.1, 0.15) is 31.9 Å². The molecule has 84 valence electrons. The second kappa shape index (κ2) is 4.30. The lowest BCUT2D eigenvalue weighted by Crippen LogP contribution is -1.98. The van der Waals surface area contributed by atoms with Crippen molar-refractivity contribution in [2.45, 2.75) is 26.4 Å². The third-order valence-electron chi connectivity index (χ3n) is 2.78. The van der Waals surface area contributed by atoms with Crippen LogP contribution in [0.2, 0.25) is 5.02 Å². The predicted molar refractivity (Wildman–Crippen MR) is 63.3 cm³/mol. The van der Waals surface area contributed by atoms with Gasteiger partial charge >= 0.3 is 0 Å². The highest BCUT2D eigenvalue weighted by atomic mass is 35.5. The molecule has 0 aromatic heterocycles. The Morgan fingerprint density at radius 2 is 2.25 bits per heavy atom. The molecule has 0 radical (unpaired) electrons. The molecular weight excluding hydrogens is 224 g/mol. The van der Waals surface area contributed by atoms with E-state index in [-0.39, 0.29) is 11.9 Å². The summed E-state index contributed by atoms with van der Waals surface area (Å²) in [6.07, 6.45) is 0.569. The van der Waals surface area contributed by atoms with Crippen LogP contribution < -0.4 is 0 Å². The lowest BCUT2D eigenvalue weighted by molar-refractivity contribution is -0.113. The molecule has 2 rings (SSSR count). The average molecular weight is 237 g/mol. The van der Waals surface area contributed by atoms with Crippen LogP contribution in [-0.4, -0.2) is 5.78 Å². The molecule has 16 heavy (non-hydrogen) atoms. The first kappa shape index (κ1) is 11.2. The van der Waals surface area contributed by atoms with E-state index >= 15 is 0 Å². The number of Topliss-reactive ketones (excluding diaryl/α,β-unsaturated/α-hetero) is 1. The summed E-state index contributed by atoms with van der Waals surface area (Å²) in [7, 11) is 0. The normalized spacial score (nSPS) is 19.8. The number of carbonyl (C=O) groups excluding carboxylic acids is 1. The third kappa shape index (κ3) is 2.12. The number of ketones is 1. The van der Waals surface area contributed by atoms with E-state index in [1.54, 1.807) is 6.92 Å². The Kier molecular flexibility index (Phi) is 3.01. The molecule has 0 saturated carbocycles. The van der Waals surface area contributed by atoms with E-state index in [1.807, 2.05) is 31.2 Å². The predicted octanol–water partition coefficient (Wildman–Crippen LogP) is 3.66. The van der Waals surface area contributed by atoms with Gasteiger partial charge in [-0.05, 0) is 31.5 Å². The van der Waals surface area contributed by atoms with Crippen molar-refractivity contribution in [3.8, 4) is 0 Å². The Morgan fingerprint density at radius 1 is 1.50 bits per heavy atom. The van der Waals surface area contributed by atoms with Crippen molar-refractivity contribution in [1.29, 1.82) is 0 Å². The molecule has 0 N–H and O–H groups in total. The molecule has 0 saturated heterocycles.